The van der Waals surface area contributed by atoms with Crippen molar-refractivity contribution in [1.29, 1.82) is 0 Å². The van der Waals surface area contributed by atoms with Crippen LogP contribution in [0.2, 0.25) is 0 Å². The maximum absolute atomic E-state index is 13.1. The molecule has 0 amide bonds. The van der Waals surface area contributed by atoms with Crippen LogP contribution in [-0.2, 0) is 13.1 Å². The first-order valence-corrected chi connectivity index (χ1v) is 9.10. The van der Waals surface area contributed by atoms with E-state index in [1.54, 1.807) is 12.1 Å². The van der Waals surface area contributed by atoms with E-state index in [1.807, 2.05) is 12.3 Å². The zero-order valence-corrected chi connectivity index (χ0v) is 16.8. The Hall–Kier alpha value is -2.85. The Kier molecular flexibility index (Phi) is 6.00. The standard InChI is InChI=1S/C23H22FN3.ClH/c1-16-17(2)27(15-19-6-4-3-5-7-19)21-12-13-25-23(22(16)21)26-14-18-8-10-20(24)11-9-18;/h3-13H,14-15H2,1-2H3,(H,25,26);1H. The third-order valence-corrected chi connectivity index (χ3v) is 5.10. The van der Waals surface area contributed by atoms with Gasteiger partial charge in [-0.05, 0) is 48.7 Å². The molecule has 0 spiro atoms. The van der Waals surface area contributed by atoms with Crippen LogP contribution < -0.4 is 5.32 Å². The van der Waals surface area contributed by atoms with Crippen molar-refractivity contribution >= 4 is 29.1 Å². The summed E-state index contributed by atoms with van der Waals surface area (Å²) in [5, 5.41) is 4.57. The summed E-state index contributed by atoms with van der Waals surface area (Å²) in [6.45, 7) is 5.74. The van der Waals surface area contributed by atoms with Crippen LogP contribution in [0.5, 0.6) is 0 Å². The van der Waals surface area contributed by atoms with E-state index in [2.05, 4.69) is 59.0 Å². The zero-order valence-electron chi connectivity index (χ0n) is 15.9. The summed E-state index contributed by atoms with van der Waals surface area (Å²) in [5.41, 5.74) is 5.94. The second kappa shape index (κ2) is 8.44. The molecule has 0 fully saturated rings. The molecular weight excluding hydrogens is 373 g/mol. The zero-order chi connectivity index (χ0) is 18.8. The first kappa shape index (κ1) is 19.9. The molecule has 28 heavy (non-hydrogen) atoms. The van der Waals surface area contributed by atoms with E-state index in [-0.39, 0.29) is 18.2 Å². The van der Waals surface area contributed by atoms with Crippen molar-refractivity contribution in [2.75, 3.05) is 5.32 Å². The number of nitrogens with zero attached hydrogens (tertiary/aromatic N) is 2. The van der Waals surface area contributed by atoms with E-state index < -0.39 is 0 Å². The molecule has 4 rings (SSSR count). The fourth-order valence-electron chi connectivity index (χ4n) is 3.50. The SMILES string of the molecule is Cc1c(C)n(Cc2ccccc2)c2ccnc(NCc3ccc(F)cc3)c12.Cl. The number of benzene rings is 2. The van der Waals surface area contributed by atoms with Gasteiger partial charge in [-0.15, -0.1) is 12.4 Å². The van der Waals surface area contributed by atoms with Gasteiger partial charge in [-0.25, -0.2) is 9.37 Å². The third-order valence-electron chi connectivity index (χ3n) is 5.10. The summed E-state index contributed by atoms with van der Waals surface area (Å²) in [6.07, 6.45) is 1.84. The average Bonchev–Trinajstić information content (AvgIpc) is 2.94. The molecule has 0 saturated carbocycles. The van der Waals surface area contributed by atoms with Crippen LogP contribution in [0.3, 0.4) is 0 Å². The summed E-state index contributed by atoms with van der Waals surface area (Å²) >= 11 is 0. The minimum absolute atomic E-state index is 0. The largest absolute Gasteiger partial charge is 0.365 e. The highest BCUT2D eigenvalue weighted by Gasteiger charge is 2.15. The number of pyridine rings is 1. The summed E-state index contributed by atoms with van der Waals surface area (Å²) in [6, 6.07) is 19.1. The van der Waals surface area contributed by atoms with Crippen molar-refractivity contribution in [3.8, 4) is 0 Å². The highest BCUT2D eigenvalue weighted by molar-refractivity contribution is 5.94. The second-order valence-corrected chi connectivity index (χ2v) is 6.82. The van der Waals surface area contributed by atoms with Gasteiger partial charge in [0.2, 0.25) is 0 Å². The molecular formula is C23H23ClFN3. The molecule has 2 aromatic carbocycles. The number of aromatic nitrogens is 2. The molecule has 0 aliphatic carbocycles. The van der Waals surface area contributed by atoms with E-state index in [0.29, 0.717) is 6.54 Å². The Bertz CT molecular complexity index is 1070. The number of halogens is 2. The molecule has 0 saturated heterocycles. The summed E-state index contributed by atoms with van der Waals surface area (Å²) in [4.78, 5) is 4.56. The van der Waals surface area contributed by atoms with Crippen LogP contribution in [-0.4, -0.2) is 9.55 Å². The number of rotatable bonds is 5. The third kappa shape index (κ3) is 3.87. The van der Waals surface area contributed by atoms with Crippen LogP contribution in [0, 0.1) is 19.7 Å². The smallest absolute Gasteiger partial charge is 0.135 e. The van der Waals surface area contributed by atoms with Gasteiger partial charge in [0.15, 0.2) is 0 Å². The number of nitrogens with one attached hydrogen (secondary N) is 1. The molecule has 0 unspecified atom stereocenters. The van der Waals surface area contributed by atoms with Crippen molar-refractivity contribution in [1.82, 2.24) is 9.55 Å². The van der Waals surface area contributed by atoms with Gasteiger partial charge < -0.3 is 9.88 Å². The Morgan fingerprint density at radius 1 is 0.929 bits per heavy atom. The molecule has 2 heterocycles. The molecule has 3 nitrogen and oxygen atoms in total. The molecule has 0 atom stereocenters. The van der Waals surface area contributed by atoms with Crippen LogP contribution in [0.1, 0.15) is 22.4 Å². The van der Waals surface area contributed by atoms with E-state index in [0.717, 1.165) is 23.3 Å². The van der Waals surface area contributed by atoms with E-state index in [4.69, 9.17) is 0 Å². The Labute approximate surface area is 170 Å². The minimum Gasteiger partial charge on any atom is -0.365 e. The lowest BCUT2D eigenvalue weighted by Gasteiger charge is -2.10. The monoisotopic (exact) mass is 395 g/mol. The quantitative estimate of drug-likeness (QED) is 0.457. The van der Waals surface area contributed by atoms with Gasteiger partial charge in [0.05, 0.1) is 5.52 Å². The first-order valence-electron chi connectivity index (χ1n) is 9.10. The maximum atomic E-state index is 13.1. The number of aryl methyl sites for hydroxylation is 1. The average molecular weight is 396 g/mol. The van der Waals surface area contributed by atoms with Gasteiger partial charge in [0.25, 0.3) is 0 Å². The highest BCUT2D eigenvalue weighted by Crippen LogP contribution is 2.31. The molecule has 0 bridgehead atoms. The predicted molar refractivity (Wildman–Crippen MR) is 116 cm³/mol. The molecule has 144 valence electrons. The lowest BCUT2D eigenvalue weighted by molar-refractivity contribution is 0.627. The molecule has 0 radical (unpaired) electrons. The molecule has 4 aromatic rings. The van der Waals surface area contributed by atoms with Crippen LogP contribution in [0.15, 0.2) is 66.9 Å². The van der Waals surface area contributed by atoms with Crippen molar-refractivity contribution in [2.45, 2.75) is 26.9 Å². The number of anilines is 1. The summed E-state index contributed by atoms with van der Waals surface area (Å²) in [7, 11) is 0. The van der Waals surface area contributed by atoms with Crippen LogP contribution >= 0.6 is 12.4 Å². The Morgan fingerprint density at radius 2 is 1.64 bits per heavy atom. The van der Waals surface area contributed by atoms with Gasteiger partial charge in [0, 0.05) is 30.4 Å². The molecule has 0 aliphatic rings. The van der Waals surface area contributed by atoms with E-state index >= 15 is 0 Å². The predicted octanol–water partition coefficient (Wildman–Crippen LogP) is 5.87. The van der Waals surface area contributed by atoms with Crippen molar-refractivity contribution < 1.29 is 4.39 Å². The van der Waals surface area contributed by atoms with Crippen molar-refractivity contribution in [2.24, 2.45) is 0 Å². The van der Waals surface area contributed by atoms with Gasteiger partial charge >= 0.3 is 0 Å². The van der Waals surface area contributed by atoms with E-state index in [9.17, 15) is 4.39 Å². The highest BCUT2D eigenvalue weighted by atomic mass is 35.5. The van der Waals surface area contributed by atoms with E-state index in [1.165, 1.54) is 34.5 Å². The van der Waals surface area contributed by atoms with Gasteiger partial charge in [-0.3, -0.25) is 0 Å². The topological polar surface area (TPSA) is 29.9 Å². The fourth-order valence-corrected chi connectivity index (χ4v) is 3.50. The molecule has 0 aliphatic heterocycles. The first-order chi connectivity index (χ1) is 13.1. The Morgan fingerprint density at radius 3 is 2.36 bits per heavy atom. The maximum Gasteiger partial charge on any atom is 0.135 e. The summed E-state index contributed by atoms with van der Waals surface area (Å²) < 4.78 is 15.4. The number of fused-ring (bicyclic) bond motifs is 1. The lowest BCUT2D eigenvalue weighted by Crippen LogP contribution is -2.03. The van der Waals surface area contributed by atoms with Crippen LogP contribution in [0.25, 0.3) is 10.9 Å². The minimum atomic E-state index is -0.219. The molecule has 5 heteroatoms. The number of hydrogen-bond donors (Lipinski definition) is 1. The molecule has 2 aromatic heterocycles. The number of hydrogen-bond acceptors (Lipinski definition) is 2. The van der Waals surface area contributed by atoms with Crippen molar-refractivity contribution in [3.63, 3.8) is 0 Å². The summed E-state index contributed by atoms with van der Waals surface area (Å²) in [5.74, 6) is 0.646. The lowest BCUT2D eigenvalue weighted by atomic mass is 10.1. The second-order valence-electron chi connectivity index (χ2n) is 6.82. The van der Waals surface area contributed by atoms with Crippen LogP contribution in [0.4, 0.5) is 10.2 Å². The van der Waals surface area contributed by atoms with Crippen molar-refractivity contribution in [3.05, 3.63) is 95.1 Å². The molecule has 1 N–H and O–H groups in total. The van der Waals surface area contributed by atoms with Gasteiger partial charge in [0.1, 0.15) is 11.6 Å². The fraction of sp³-hybridized carbons (Fsp3) is 0.174. The van der Waals surface area contributed by atoms with Gasteiger partial charge in [-0.2, -0.15) is 0 Å². The van der Waals surface area contributed by atoms with Gasteiger partial charge in [-0.1, -0.05) is 42.5 Å². The normalized spacial score (nSPS) is 10.7. The Balaban J connectivity index is 0.00000225.